The largest absolute Gasteiger partial charge is 0.466 e. The van der Waals surface area contributed by atoms with Crippen LogP contribution in [0, 0.1) is 0 Å². The maximum atomic E-state index is 11.7. The van der Waals surface area contributed by atoms with Crippen molar-refractivity contribution in [2.45, 2.75) is 32.6 Å². The second-order valence-corrected chi connectivity index (χ2v) is 7.58. The van der Waals surface area contributed by atoms with Crippen molar-refractivity contribution in [2.24, 2.45) is 0 Å². The SMILES string of the molecule is CCOC(=O)Cc1ccc(Nc2cc(-c3ccc(Cl)cc3)nc3c2CCC3)cc1. The number of aromatic nitrogens is 1. The highest BCUT2D eigenvalue weighted by molar-refractivity contribution is 6.30. The number of benzene rings is 2. The van der Waals surface area contributed by atoms with Crippen LogP contribution in [0.15, 0.2) is 54.6 Å². The number of anilines is 2. The first-order valence-corrected chi connectivity index (χ1v) is 10.3. The molecular weight excluding hydrogens is 384 g/mol. The fourth-order valence-corrected chi connectivity index (χ4v) is 3.79. The van der Waals surface area contributed by atoms with Crippen molar-refractivity contribution < 1.29 is 9.53 Å². The highest BCUT2D eigenvalue weighted by Gasteiger charge is 2.19. The molecule has 1 N–H and O–H groups in total. The van der Waals surface area contributed by atoms with Crippen molar-refractivity contribution in [3.8, 4) is 11.3 Å². The summed E-state index contributed by atoms with van der Waals surface area (Å²) in [7, 11) is 0. The van der Waals surface area contributed by atoms with Gasteiger partial charge in [0.2, 0.25) is 0 Å². The molecule has 4 rings (SSSR count). The average molecular weight is 407 g/mol. The van der Waals surface area contributed by atoms with E-state index in [4.69, 9.17) is 21.3 Å². The number of nitrogens with zero attached hydrogens (tertiary/aromatic N) is 1. The second-order valence-electron chi connectivity index (χ2n) is 7.14. The fourth-order valence-electron chi connectivity index (χ4n) is 3.66. The number of carbonyl (C=O) groups is 1. The van der Waals surface area contributed by atoms with Crippen molar-refractivity contribution in [2.75, 3.05) is 11.9 Å². The molecule has 1 heterocycles. The van der Waals surface area contributed by atoms with Crippen LogP contribution in [0.25, 0.3) is 11.3 Å². The molecule has 0 bridgehead atoms. The topological polar surface area (TPSA) is 51.2 Å². The number of halogens is 1. The van der Waals surface area contributed by atoms with Crippen LogP contribution in [-0.2, 0) is 28.8 Å². The van der Waals surface area contributed by atoms with Crippen molar-refractivity contribution in [3.05, 3.63) is 76.4 Å². The average Bonchev–Trinajstić information content (AvgIpc) is 3.19. The Hall–Kier alpha value is -2.85. The first kappa shape index (κ1) is 19.5. The predicted octanol–water partition coefficient (Wildman–Crippen LogP) is 5.74. The molecule has 29 heavy (non-hydrogen) atoms. The van der Waals surface area contributed by atoms with E-state index in [0.29, 0.717) is 13.0 Å². The Morgan fingerprint density at radius 1 is 1.10 bits per heavy atom. The van der Waals surface area contributed by atoms with E-state index in [1.807, 2.05) is 55.5 Å². The number of carbonyl (C=O) groups excluding carboxylic acids is 1. The normalized spacial score (nSPS) is 12.5. The molecule has 0 radical (unpaired) electrons. The molecule has 5 heteroatoms. The van der Waals surface area contributed by atoms with Crippen LogP contribution in [0.1, 0.15) is 30.2 Å². The maximum absolute atomic E-state index is 11.7. The molecule has 0 unspecified atom stereocenters. The molecule has 0 atom stereocenters. The van der Waals surface area contributed by atoms with Crippen molar-refractivity contribution in [1.29, 1.82) is 0 Å². The Morgan fingerprint density at radius 3 is 2.59 bits per heavy atom. The molecule has 4 nitrogen and oxygen atoms in total. The van der Waals surface area contributed by atoms with Crippen LogP contribution < -0.4 is 5.32 Å². The van der Waals surface area contributed by atoms with Crippen LogP contribution in [0.4, 0.5) is 11.4 Å². The second kappa shape index (κ2) is 8.66. The smallest absolute Gasteiger partial charge is 0.310 e. The number of rotatable bonds is 6. The molecule has 0 saturated heterocycles. The van der Waals surface area contributed by atoms with Crippen LogP contribution in [0.2, 0.25) is 5.02 Å². The van der Waals surface area contributed by atoms with E-state index in [1.165, 1.54) is 11.3 Å². The van der Waals surface area contributed by atoms with E-state index in [9.17, 15) is 4.79 Å². The molecule has 148 valence electrons. The highest BCUT2D eigenvalue weighted by Crippen LogP contribution is 2.34. The number of fused-ring (bicyclic) bond motifs is 1. The Balaban J connectivity index is 1.58. The summed E-state index contributed by atoms with van der Waals surface area (Å²) in [6, 6.07) is 17.8. The Bertz CT molecular complexity index is 1010. The first-order chi connectivity index (χ1) is 14.1. The number of aryl methyl sites for hydroxylation is 1. The van der Waals surface area contributed by atoms with Gasteiger partial charge in [0.1, 0.15) is 0 Å². The van der Waals surface area contributed by atoms with Crippen LogP contribution >= 0.6 is 11.6 Å². The number of hydrogen-bond donors (Lipinski definition) is 1. The molecule has 3 aromatic rings. The summed E-state index contributed by atoms with van der Waals surface area (Å²) in [5.41, 5.74) is 7.48. The summed E-state index contributed by atoms with van der Waals surface area (Å²) < 4.78 is 5.01. The number of esters is 1. The monoisotopic (exact) mass is 406 g/mol. The molecule has 0 spiro atoms. The van der Waals surface area contributed by atoms with Crippen molar-refractivity contribution in [3.63, 3.8) is 0 Å². The summed E-state index contributed by atoms with van der Waals surface area (Å²) in [4.78, 5) is 16.5. The van der Waals surface area contributed by atoms with Gasteiger partial charge in [-0.3, -0.25) is 9.78 Å². The van der Waals surface area contributed by atoms with Gasteiger partial charge in [0.15, 0.2) is 0 Å². The minimum atomic E-state index is -0.201. The third-order valence-corrected chi connectivity index (χ3v) is 5.33. The van der Waals surface area contributed by atoms with Gasteiger partial charge in [0, 0.05) is 27.7 Å². The molecular formula is C24H23ClN2O2. The molecule has 1 aromatic heterocycles. The lowest BCUT2D eigenvalue weighted by molar-refractivity contribution is -0.142. The number of hydrogen-bond acceptors (Lipinski definition) is 4. The minimum absolute atomic E-state index is 0.201. The van der Waals surface area contributed by atoms with E-state index in [-0.39, 0.29) is 5.97 Å². The van der Waals surface area contributed by atoms with Crippen LogP contribution in [-0.4, -0.2) is 17.6 Å². The fraction of sp³-hybridized carbons (Fsp3) is 0.250. The van der Waals surface area contributed by atoms with Crippen LogP contribution in [0.3, 0.4) is 0 Å². The van der Waals surface area contributed by atoms with Crippen molar-refractivity contribution in [1.82, 2.24) is 4.98 Å². The van der Waals surface area contributed by atoms with Gasteiger partial charge in [-0.1, -0.05) is 35.9 Å². The lowest BCUT2D eigenvalue weighted by atomic mass is 10.1. The van der Waals surface area contributed by atoms with Gasteiger partial charge in [-0.15, -0.1) is 0 Å². The molecule has 0 aliphatic heterocycles. The summed E-state index contributed by atoms with van der Waals surface area (Å²) >= 11 is 6.03. The molecule has 0 saturated carbocycles. The zero-order valence-corrected chi connectivity index (χ0v) is 17.1. The predicted molar refractivity (Wildman–Crippen MR) is 117 cm³/mol. The van der Waals surface area contributed by atoms with Gasteiger partial charge >= 0.3 is 5.97 Å². The lowest BCUT2D eigenvalue weighted by Gasteiger charge is -2.14. The molecule has 1 aliphatic carbocycles. The Labute approximate surface area is 175 Å². The maximum Gasteiger partial charge on any atom is 0.310 e. The minimum Gasteiger partial charge on any atom is -0.466 e. The van der Waals surface area contributed by atoms with Gasteiger partial charge in [0.05, 0.1) is 18.7 Å². The third-order valence-electron chi connectivity index (χ3n) is 5.08. The molecule has 0 fully saturated rings. The number of nitrogens with one attached hydrogen (secondary N) is 1. The van der Waals surface area contributed by atoms with Gasteiger partial charge in [-0.05, 0) is 67.6 Å². The van der Waals surface area contributed by atoms with Crippen molar-refractivity contribution >= 4 is 28.9 Å². The highest BCUT2D eigenvalue weighted by atomic mass is 35.5. The summed E-state index contributed by atoms with van der Waals surface area (Å²) in [5.74, 6) is -0.201. The van der Waals surface area contributed by atoms with Gasteiger partial charge in [-0.25, -0.2) is 0 Å². The van der Waals surface area contributed by atoms with E-state index in [1.54, 1.807) is 0 Å². The zero-order valence-electron chi connectivity index (χ0n) is 16.4. The molecule has 0 amide bonds. The number of ether oxygens (including phenoxy) is 1. The lowest BCUT2D eigenvalue weighted by Crippen LogP contribution is -2.07. The van der Waals surface area contributed by atoms with Crippen LogP contribution in [0.5, 0.6) is 0 Å². The quantitative estimate of drug-likeness (QED) is 0.530. The molecule has 2 aromatic carbocycles. The van der Waals surface area contributed by atoms with E-state index >= 15 is 0 Å². The molecule has 1 aliphatic rings. The van der Waals surface area contributed by atoms with E-state index in [2.05, 4.69) is 11.4 Å². The Kier molecular flexibility index (Phi) is 5.81. The summed E-state index contributed by atoms with van der Waals surface area (Å²) in [6.45, 7) is 2.22. The van der Waals surface area contributed by atoms with E-state index < -0.39 is 0 Å². The zero-order chi connectivity index (χ0) is 20.2. The van der Waals surface area contributed by atoms with Gasteiger partial charge in [0.25, 0.3) is 0 Å². The number of pyridine rings is 1. The Morgan fingerprint density at radius 2 is 1.86 bits per heavy atom. The summed E-state index contributed by atoms with van der Waals surface area (Å²) in [5, 5.41) is 4.27. The van der Waals surface area contributed by atoms with Gasteiger partial charge in [-0.2, -0.15) is 0 Å². The third kappa shape index (κ3) is 4.60. The first-order valence-electron chi connectivity index (χ1n) is 9.92. The van der Waals surface area contributed by atoms with E-state index in [0.717, 1.165) is 52.5 Å². The van der Waals surface area contributed by atoms with Gasteiger partial charge < -0.3 is 10.1 Å². The standard InChI is InChI=1S/C24H23ClN2O2/c1-2-29-24(28)14-16-6-12-19(13-7-16)26-23-15-22(17-8-10-18(25)11-9-17)27-21-5-3-4-20(21)23/h6-13,15H,2-5,14H2,1H3,(H,26,27). The summed E-state index contributed by atoms with van der Waals surface area (Å²) in [6.07, 6.45) is 3.45.